The molecule has 1 saturated carbocycles. The summed E-state index contributed by atoms with van der Waals surface area (Å²) in [6, 6.07) is 0. The summed E-state index contributed by atoms with van der Waals surface area (Å²) in [5.41, 5.74) is 1.59. The lowest BCUT2D eigenvalue weighted by Crippen LogP contribution is -2.20. The van der Waals surface area contributed by atoms with E-state index in [1.807, 2.05) is 0 Å². The largest absolute Gasteiger partial charge is 0.316 e. The van der Waals surface area contributed by atoms with Gasteiger partial charge in [0.15, 0.2) is 0 Å². The molecule has 0 aliphatic heterocycles. The van der Waals surface area contributed by atoms with Gasteiger partial charge in [-0.25, -0.2) is 0 Å². The third kappa shape index (κ3) is 7.61. The van der Waals surface area contributed by atoms with Gasteiger partial charge >= 0.3 is 0 Å². The van der Waals surface area contributed by atoms with Crippen LogP contribution in [-0.2, 0) is 0 Å². The van der Waals surface area contributed by atoms with Crippen molar-refractivity contribution in [2.45, 2.75) is 52.9 Å². The molecule has 0 unspecified atom stereocenters. The molecule has 0 heterocycles. The minimum absolute atomic E-state index is 0.768. The van der Waals surface area contributed by atoms with Crippen LogP contribution in [0.4, 0.5) is 0 Å². The topological polar surface area (TPSA) is 12.0 Å². The van der Waals surface area contributed by atoms with Gasteiger partial charge in [0.25, 0.3) is 0 Å². The average molecular weight is 209 g/mol. The molecule has 0 spiro atoms. The maximum absolute atomic E-state index is 3.47. The molecule has 0 amide bonds. The van der Waals surface area contributed by atoms with Gasteiger partial charge in [0.2, 0.25) is 0 Å². The van der Waals surface area contributed by atoms with Crippen molar-refractivity contribution in [3.05, 3.63) is 11.6 Å². The van der Waals surface area contributed by atoms with Crippen LogP contribution in [0.15, 0.2) is 11.6 Å². The SMILES string of the molecule is CC(=CCCNCC(C)C)CCC1CC1. The first-order valence-corrected chi connectivity index (χ1v) is 6.55. The summed E-state index contributed by atoms with van der Waals surface area (Å²) < 4.78 is 0. The van der Waals surface area contributed by atoms with Crippen LogP contribution >= 0.6 is 0 Å². The van der Waals surface area contributed by atoms with Crippen LogP contribution in [-0.4, -0.2) is 13.1 Å². The van der Waals surface area contributed by atoms with Crippen molar-refractivity contribution < 1.29 is 0 Å². The predicted molar refractivity (Wildman–Crippen MR) is 68.0 cm³/mol. The van der Waals surface area contributed by atoms with E-state index in [1.165, 1.54) is 32.1 Å². The van der Waals surface area contributed by atoms with Crippen molar-refractivity contribution in [1.29, 1.82) is 0 Å². The molecule has 0 saturated heterocycles. The molecule has 1 aliphatic carbocycles. The molecule has 0 aromatic heterocycles. The van der Waals surface area contributed by atoms with Crippen molar-refractivity contribution in [2.75, 3.05) is 13.1 Å². The highest BCUT2D eigenvalue weighted by atomic mass is 14.8. The first-order valence-electron chi connectivity index (χ1n) is 6.55. The lowest BCUT2D eigenvalue weighted by atomic mass is 10.1. The fraction of sp³-hybridized carbons (Fsp3) is 0.857. The van der Waals surface area contributed by atoms with Crippen LogP contribution in [0.5, 0.6) is 0 Å². The smallest absolute Gasteiger partial charge is 0.00141 e. The van der Waals surface area contributed by atoms with E-state index in [1.54, 1.807) is 5.57 Å². The van der Waals surface area contributed by atoms with Gasteiger partial charge in [-0.05, 0) is 51.1 Å². The van der Waals surface area contributed by atoms with Gasteiger partial charge in [-0.1, -0.05) is 38.3 Å². The van der Waals surface area contributed by atoms with E-state index in [2.05, 4.69) is 32.2 Å². The Morgan fingerprint density at radius 3 is 2.73 bits per heavy atom. The van der Waals surface area contributed by atoms with Gasteiger partial charge in [0, 0.05) is 0 Å². The zero-order valence-corrected chi connectivity index (χ0v) is 10.7. The molecular formula is C14H27N. The Bertz CT molecular complexity index is 190. The number of hydrogen-bond donors (Lipinski definition) is 1. The van der Waals surface area contributed by atoms with Crippen molar-refractivity contribution >= 4 is 0 Å². The maximum Gasteiger partial charge on any atom is -0.00141 e. The normalized spacial score (nSPS) is 17.5. The van der Waals surface area contributed by atoms with Crippen LogP contribution in [0.3, 0.4) is 0 Å². The monoisotopic (exact) mass is 209 g/mol. The van der Waals surface area contributed by atoms with E-state index in [0.29, 0.717) is 0 Å². The molecule has 1 nitrogen and oxygen atoms in total. The Balaban J connectivity index is 1.92. The van der Waals surface area contributed by atoms with Crippen LogP contribution in [0.1, 0.15) is 52.9 Å². The van der Waals surface area contributed by atoms with Gasteiger partial charge in [0.05, 0.1) is 0 Å². The summed E-state index contributed by atoms with van der Waals surface area (Å²) in [5.74, 6) is 1.84. The highest BCUT2D eigenvalue weighted by molar-refractivity contribution is 4.99. The predicted octanol–water partition coefficient (Wildman–Crippen LogP) is 3.76. The number of allylic oxidation sites excluding steroid dienone is 1. The van der Waals surface area contributed by atoms with E-state index >= 15 is 0 Å². The molecule has 1 heteroatoms. The first-order chi connectivity index (χ1) is 7.18. The highest BCUT2D eigenvalue weighted by Gasteiger charge is 2.20. The molecule has 1 fully saturated rings. The summed E-state index contributed by atoms with van der Waals surface area (Å²) in [7, 11) is 0. The maximum atomic E-state index is 3.47. The Hall–Kier alpha value is -0.300. The zero-order valence-electron chi connectivity index (χ0n) is 10.7. The van der Waals surface area contributed by atoms with Gasteiger partial charge < -0.3 is 5.32 Å². The summed E-state index contributed by atoms with van der Waals surface area (Å²) in [6.07, 6.45) is 9.35. The van der Waals surface area contributed by atoms with E-state index in [9.17, 15) is 0 Å². The minimum Gasteiger partial charge on any atom is -0.316 e. The van der Waals surface area contributed by atoms with E-state index in [0.717, 1.165) is 24.9 Å². The zero-order chi connectivity index (χ0) is 11.1. The van der Waals surface area contributed by atoms with Gasteiger partial charge in [-0.15, -0.1) is 0 Å². The average Bonchev–Trinajstić information content (AvgIpc) is 2.97. The van der Waals surface area contributed by atoms with Crippen molar-refractivity contribution in [3.63, 3.8) is 0 Å². The lowest BCUT2D eigenvalue weighted by molar-refractivity contribution is 0.556. The molecule has 0 bridgehead atoms. The van der Waals surface area contributed by atoms with Crippen molar-refractivity contribution in [3.8, 4) is 0 Å². The molecule has 88 valence electrons. The Labute approximate surface area is 95.3 Å². The van der Waals surface area contributed by atoms with Crippen molar-refractivity contribution in [1.82, 2.24) is 5.32 Å². The first kappa shape index (κ1) is 12.8. The van der Waals surface area contributed by atoms with Gasteiger partial charge in [-0.2, -0.15) is 0 Å². The second kappa shape index (κ2) is 7.05. The standard InChI is InChI=1S/C14H27N/c1-12(2)11-15-10-4-5-13(3)6-7-14-8-9-14/h5,12,14-15H,4,6-11H2,1-3H3. The van der Waals surface area contributed by atoms with Gasteiger partial charge in [0.1, 0.15) is 0 Å². The fourth-order valence-corrected chi connectivity index (χ4v) is 1.75. The van der Waals surface area contributed by atoms with Crippen molar-refractivity contribution in [2.24, 2.45) is 11.8 Å². The van der Waals surface area contributed by atoms with E-state index in [4.69, 9.17) is 0 Å². The fourth-order valence-electron chi connectivity index (χ4n) is 1.75. The number of rotatable bonds is 8. The Morgan fingerprint density at radius 1 is 1.40 bits per heavy atom. The minimum atomic E-state index is 0.768. The molecule has 1 rings (SSSR count). The number of hydrogen-bond acceptors (Lipinski definition) is 1. The second-order valence-electron chi connectivity index (χ2n) is 5.42. The molecule has 15 heavy (non-hydrogen) atoms. The molecular weight excluding hydrogens is 182 g/mol. The number of nitrogens with one attached hydrogen (secondary N) is 1. The van der Waals surface area contributed by atoms with Crippen LogP contribution in [0, 0.1) is 11.8 Å². The Morgan fingerprint density at radius 2 is 2.13 bits per heavy atom. The van der Waals surface area contributed by atoms with Gasteiger partial charge in [-0.3, -0.25) is 0 Å². The summed E-state index contributed by atoms with van der Waals surface area (Å²) in [4.78, 5) is 0. The molecule has 0 atom stereocenters. The highest BCUT2D eigenvalue weighted by Crippen LogP contribution is 2.34. The third-order valence-electron chi connectivity index (χ3n) is 3.01. The molecule has 1 aliphatic rings. The molecule has 1 N–H and O–H groups in total. The molecule has 0 radical (unpaired) electrons. The summed E-state index contributed by atoms with van der Waals surface area (Å²) in [5, 5.41) is 3.47. The summed E-state index contributed by atoms with van der Waals surface area (Å²) in [6.45, 7) is 9.08. The molecule has 0 aromatic carbocycles. The molecule has 0 aromatic rings. The summed E-state index contributed by atoms with van der Waals surface area (Å²) >= 11 is 0. The second-order valence-corrected chi connectivity index (χ2v) is 5.42. The van der Waals surface area contributed by atoms with Crippen LogP contribution in [0.25, 0.3) is 0 Å². The third-order valence-corrected chi connectivity index (χ3v) is 3.01. The van der Waals surface area contributed by atoms with E-state index in [-0.39, 0.29) is 0 Å². The lowest BCUT2D eigenvalue weighted by Gasteiger charge is -2.06. The van der Waals surface area contributed by atoms with E-state index < -0.39 is 0 Å². The van der Waals surface area contributed by atoms with Crippen LogP contribution in [0.2, 0.25) is 0 Å². The van der Waals surface area contributed by atoms with Crippen LogP contribution < -0.4 is 5.32 Å². The quantitative estimate of drug-likeness (QED) is 0.474. The Kier molecular flexibility index (Phi) is 6.00.